The molecule has 0 bridgehead atoms. The fourth-order valence-corrected chi connectivity index (χ4v) is 1.78. The molecule has 0 spiro atoms. The van der Waals surface area contributed by atoms with E-state index in [1.54, 1.807) is 32.0 Å². The zero-order valence-corrected chi connectivity index (χ0v) is 10.1. The van der Waals surface area contributed by atoms with Gasteiger partial charge in [0.15, 0.2) is 0 Å². The summed E-state index contributed by atoms with van der Waals surface area (Å²) in [5.74, 6) is 0. The molecule has 0 amide bonds. The van der Waals surface area contributed by atoms with E-state index in [0.717, 1.165) is 6.07 Å². The molecule has 1 nitrogen and oxygen atoms in total. The average Bonchev–Trinajstić information content (AvgIpc) is 2.07. The van der Waals surface area contributed by atoms with Crippen LogP contribution in [0.5, 0.6) is 0 Å². The smallest absolute Gasteiger partial charge is 0.305 e. The van der Waals surface area contributed by atoms with E-state index in [1.165, 1.54) is 0 Å². The van der Waals surface area contributed by atoms with Crippen molar-refractivity contribution in [3.8, 4) is 0 Å². The van der Waals surface area contributed by atoms with Gasteiger partial charge in [-0.1, -0.05) is 23.2 Å². The van der Waals surface area contributed by atoms with Crippen LogP contribution in [0.1, 0.15) is 16.7 Å². The lowest BCUT2D eigenvalue weighted by Gasteiger charge is -2.16. The van der Waals surface area contributed by atoms with E-state index in [0.29, 0.717) is 17.7 Å². The summed E-state index contributed by atoms with van der Waals surface area (Å²) < 4.78 is 37.9. The van der Waals surface area contributed by atoms with Gasteiger partial charge in [0.25, 0.3) is 0 Å². The van der Waals surface area contributed by atoms with E-state index in [-0.39, 0.29) is 5.02 Å². The number of benzene rings is 1. The summed E-state index contributed by atoms with van der Waals surface area (Å²) >= 11 is 5.76. The van der Waals surface area contributed by atoms with Gasteiger partial charge in [0.05, 0.1) is 10.6 Å². The average molecular weight is 252 g/mol. The summed E-state index contributed by atoms with van der Waals surface area (Å²) in [6, 6.07) is 2.75. The van der Waals surface area contributed by atoms with Crippen LogP contribution in [0.3, 0.4) is 0 Å². The first kappa shape index (κ1) is 13.3. The zero-order valence-electron chi connectivity index (χ0n) is 9.32. The first-order valence-corrected chi connectivity index (χ1v) is 5.10. The summed E-state index contributed by atoms with van der Waals surface area (Å²) in [6.45, 7) is 2.02. The minimum absolute atomic E-state index is 0.202. The third-order valence-corrected chi connectivity index (χ3v) is 2.53. The third-order valence-electron chi connectivity index (χ3n) is 2.08. The second kappa shape index (κ2) is 4.63. The Labute approximate surface area is 97.8 Å². The van der Waals surface area contributed by atoms with Gasteiger partial charge < -0.3 is 4.90 Å². The van der Waals surface area contributed by atoms with Gasteiger partial charge in [0.1, 0.15) is 0 Å². The molecule has 0 unspecified atom stereocenters. The van der Waals surface area contributed by atoms with Gasteiger partial charge in [-0.2, -0.15) is 13.2 Å². The quantitative estimate of drug-likeness (QED) is 0.774. The molecule has 0 aliphatic carbocycles. The van der Waals surface area contributed by atoms with Crippen molar-refractivity contribution in [2.24, 2.45) is 0 Å². The van der Waals surface area contributed by atoms with Crippen molar-refractivity contribution in [3.05, 3.63) is 33.8 Å². The van der Waals surface area contributed by atoms with Crippen LogP contribution in [-0.4, -0.2) is 19.0 Å². The Morgan fingerprint density at radius 1 is 1.25 bits per heavy atom. The van der Waals surface area contributed by atoms with E-state index in [2.05, 4.69) is 0 Å². The fraction of sp³-hybridized carbons (Fsp3) is 0.455. The van der Waals surface area contributed by atoms with Gasteiger partial charge >= 0.3 is 6.18 Å². The van der Waals surface area contributed by atoms with Gasteiger partial charge in [-0.15, -0.1) is 0 Å². The van der Waals surface area contributed by atoms with Crippen LogP contribution in [0.2, 0.25) is 5.02 Å². The zero-order chi connectivity index (χ0) is 12.5. The van der Waals surface area contributed by atoms with Gasteiger partial charge in [0, 0.05) is 6.54 Å². The van der Waals surface area contributed by atoms with E-state index in [4.69, 9.17) is 11.6 Å². The maximum atomic E-state index is 12.6. The minimum atomic E-state index is -4.40. The molecule has 0 saturated carbocycles. The van der Waals surface area contributed by atoms with Crippen LogP contribution < -0.4 is 0 Å². The van der Waals surface area contributed by atoms with Crippen LogP contribution in [-0.2, 0) is 12.7 Å². The molecule has 5 heteroatoms. The molecule has 0 fully saturated rings. The predicted molar refractivity (Wildman–Crippen MR) is 58.6 cm³/mol. The number of halogens is 4. The number of alkyl halides is 3. The highest BCUT2D eigenvalue weighted by Crippen LogP contribution is 2.37. The van der Waals surface area contributed by atoms with Crippen molar-refractivity contribution in [1.82, 2.24) is 4.90 Å². The Morgan fingerprint density at radius 2 is 1.81 bits per heavy atom. The molecule has 0 aliphatic rings. The minimum Gasteiger partial charge on any atom is -0.305 e. The summed E-state index contributed by atoms with van der Waals surface area (Å²) in [7, 11) is 3.57. The maximum Gasteiger partial charge on any atom is 0.417 e. The van der Waals surface area contributed by atoms with Crippen LogP contribution in [0, 0.1) is 6.92 Å². The normalized spacial score (nSPS) is 12.2. The Kier molecular flexibility index (Phi) is 3.86. The molecule has 0 N–H and O–H groups in total. The third kappa shape index (κ3) is 3.12. The monoisotopic (exact) mass is 251 g/mol. The molecule has 0 heterocycles. The van der Waals surface area contributed by atoms with Gasteiger partial charge in [-0.3, -0.25) is 0 Å². The maximum absolute atomic E-state index is 12.6. The molecule has 0 saturated heterocycles. The van der Waals surface area contributed by atoms with Crippen molar-refractivity contribution >= 4 is 11.6 Å². The molecular formula is C11H13ClF3N. The molecule has 90 valence electrons. The number of hydrogen-bond acceptors (Lipinski definition) is 1. The molecule has 0 radical (unpaired) electrons. The highest BCUT2D eigenvalue weighted by atomic mass is 35.5. The van der Waals surface area contributed by atoms with Crippen molar-refractivity contribution in [2.75, 3.05) is 14.1 Å². The van der Waals surface area contributed by atoms with E-state index in [1.807, 2.05) is 0 Å². The molecule has 1 aromatic rings. The van der Waals surface area contributed by atoms with Gasteiger partial charge in [0.2, 0.25) is 0 Å². The van der Waals surface area contributed by atoms with Crippen molar-refractivity contribution in [1.29, 1.82) is 0 Å². The first-order chi connectivity index (χ1) is 7.21. The summed E-state index contributed by atoms with van der Waals surface area (Å²) in [4.78, 5) is 1.78. The topological polar surface area (TPSA) is 3.24 Å². The molecule has 0 aliphatic heterocycles. The van der Waals surface area contributed by atoms with Crippen LogP contribution in [0.4, 0.5) is 13.2 Å². The molecule has 1 aromatic carbocycles. The summed E-state index contributed by atoms with van der Waals surface area (Å²) in [5, 5.41) is -0.202. The molecule has 1 rings (SSSR count). The number of rotatable bonds is 2. The highest BCUT2D eigenvalue weighted by molar-refractivity contribution is 6.32. The lowest BCUT2D eigenvalue weighted by molar-refractivity contribution is -0.137. The second-order valence-electron chi connectivity index (χ2n) is 4.02. The first-order valence-electron chi connectivity index (χ1n) is 4.72. The molecule has 16 heavy (non-hydrogen) atoms. The van der Waals surface area contributed by atoms with Crippen molar-refractivity contribution < 1.29 is 13.2 Å². The van der Waals surface area contributed by atoms with Crippen LogP contribution >= 0.6 is 11.6 Å². The SMILES string of the molecule is Cc1cc(CN(C)C)c(Cl)c(C(F)(F)F)c1. The van der Waals surface area contributed by atoms with E-state index in [9.17, 15) is 13.2 Å². The molecule has 0 aromatic heterocycles. The Morgan fingerprint density at radius 3 is 2.25 bits per heavy atom. The lowest BCUT2D eigenvalue weighted by Crippen LogP contribution is -2.14. The van der Waals surface area contributed by atoms with E-state index >= 15 is 0 Å². The Balaban J connectivity index is 3.26. The lowest BCUT2D eigenvalue weighted by atomic mass is 10.1. The number of hydrogen-bond donors (Lipinski definition) is 0. The molecular weight excluding hydrogens is 239 g/mol. The summed E-state index contributed by atoms with van der Waals surface area (Å²) in [6.07, 6.45) is -4.40. The number of nitrogens with zero attached hydrogens (tertiary/aromatic N) is 1. The highest BCUT2D eigenvalue weighted by Gasteiger charge is 2.34. The molecule has 0 atom stereocenters. The van der Waals surface area contributed by atoms with Crippen molar-refractivity contribution in [2.45, 2.75) is 19.6 Å². The predicted octanol–water partition coefficient (Wildman–Crippen LogP) is 3.73. The number of aryl methyl sites for hydroxylation is 1. The summed E-state index contributed by atoms with van der Waals surface area (Å²) in [5.41, 5.74) is 0.304. The second-order valence-corrected chi connectivity index (χ2v) is 4.40. The van der Waals surface area contributed by atoms with Gasteiger partial charge in [-0.05, 0) is 32.6 Å². The Hall–Kier alpha value is -0.740. The van der Waals surface area contributed by atoms with Crippen LogP contribution in [0.25, 0.3) is 0 Å². The fourth-order valence-electron chi connectivity index (χ4n) is 1.51. The standard InChI is InChI=1S/C11H13ClF3N/c1-7-4-8(6-16(2)3)10(12)9(5-7)11(13,14)15/h4-5H,6H2,1-3H3. The van der Waals surface area contributed by atoms with Gasteiger partial charge in [-0.25, -0.2) is 0 Å². The van der Waals surface area contributed by atoms with Crippen LogP contribution in [0.15, 0.2) is 12.1 Å². The largest absolute Gasteiger partial charge is 0.417 e. The van der Waals surface area contributed by atoms with E-state index < -0.39 is 11.7 Å². The van der Waals surface area contributed by atoms with Crippen molar-refractivity contribution in [3.63, 3.8) is 0 Å². The Bertz CT molecular complexity index is 386.